The Morgan fingerprint density at radius 1 is 1.50 bits per heavy atom. The predicted octanol–water partition coefficient (Wildman–Crippen LogP) is 0.805. The molecule has 0 aliphatic rings. The van der Waals surface area contributed by atoms with Gasteiger partial charge in [-0.25, -0.2) is 4.98 Å². The van der Waals surface area contributed by atoms with Crippen molar-refractivity contribution in [2.75, 3.05) is 0 Å². The lowest BCUT2D eigenvalue weighted by Gasteiger charge is -2.02. The van der Waals surface area contributed by atoms with Gasteiger partial charge in [-0.1, -0.05) is 0 Å². The van der Waals surface area contributed by atoms with Crippen molar-refractivity contribution in [1.29, 1.82) is 5.26 Å². The standard InChI is InChI=1S/C10H7N3O/c1-13-9-4-7(5-11)2-3-8(9)12-6-10(13)14/h2-4,6H,1H3. The molecule has 1 heterocycles. The molecule has 0 fully saturated rings. The summed E-state index contributed by atoms with van der Waals surface area (Å²) >= 11 is 0. The molecule has 68 valence electrons. The molecule has 0 bridgehead atoms. The molecule has 0 aliphatic carbocycles. The van der Waals surface area contributed by atoms with Crippen LogP contribution >= 0.6 is 0 Å². The normalized spacial score (nSPS) is 10.0. The van der Waals surface area contributed by atoms with E-state index < -0.39 is 0 Å². The van der Waals surface area contributed by atoms with E-state index in [0.717, 1.165) is 0 Å². The Kier molecular flexibility index (Phi) is 1.79. The fourth-order valence-corrected chi connectivity index (χ4v) is 1.30. The summed E-state index contributed by atoms with van der Waals surface area (Å²) in [5.41, 5.74) is 1.75. The minimum Gasteiger partial charge on any atom is -0.308 e. The van der Waals surface area contributed by atoms with Crippen molar-refractivity contribution in [3.05, 3.63) is 40.3 Å². The molecule has 0 amide bonds. The van der Waals surface area contributed by atoms with Gasteiger partial charge in [0, 0.05) is 7.05 Å². The monoisotopic (exact) mass is 185 g/mol. The van der Waals surface area contributed by atoms with Crippen LogP contribution in [0.15, 0.2) is 29.2 Å². The van der Waals surface area contributed by atoms with Crippen LogP contribution in [0.5, 0.6) is 0 Å². The molecule has 1 aromatic carbocycles. The smallest absolute Gasteiger partial charge is 0.269 e. The molecule has 0 saturated carbocycles. The van der Waals surface area contributed by atoms with E-state index in [0.29, 0.717) is 16.6 Å². The van der Waals surface area contributed by atoms with Crippen molar-refractivity contribution in [2.45, 2.75) is 0 Å². The molecule has 4 heteroatoms. The van der Waals surface area contributed by atoms with Crippen molar-refractivity contribution in [1.82, 2.24) is 9.55 Å². The Morgan fingerprint density at radius 3 is 3.00 bits per heavy atom. The zero-order valence-electron chi connectivity index (χ0n) is 7.56. The Hall–Kier alpha value is -2.15. The number of nitrogens with zero attached hydrogens (tertiary/aromatic N) is 3. The third-order valence-corrected chi connectivity index (χ3v) is 2.11. The van der Waals surface area contributed by atoms with Crippen LogP contribution in [0.3, 0.4) is 0 Å². The van der Waals surface area contributed by atoms with E-state index in [2.05, 4.69) is 4.98 Å². The summed E-state index contributed by atoms with van der Waals surface area (Å²) in [4.78, 5) is 15.2. The Bertz CT molecular complexity index is 592. The summed E-state index contributed by atoms with van der Waals surface area (Å²) in [5, 5.41) is 8.70. The first-order valence-corrected chi connectivity index (χ1v) is 4.08. The average Bonchev–Trinajstić information content (AvgIpc) is 2.23. The largest absolute Gasteiger partial charge is 0.308 e. The molecule has 4 nitrogen and oxygen atoms in total. The first-order valence-electron chi connectivity index (χ1n) is 4.08. The lowest BCUT2D eigenvalue weighted by atomic mass is 10.2. The van der Waals surface area contributed by atoms with Gasteiger partial charge in [0.15, 0.2) is 0 Å². The zero-order chi connectivity index (χ0) is 10.1. The van der Waals surface area contributed by atoms with Gasteiger partial charge in [-0.05, 0) is 18.2 Å². The molecule has 0 unspecified atom stereocenters. The number of nitriles is 1. The van der Waals surface area contributed by atoms with E-state index >= 15 is 0 Å². The molecule has 0 N–H and O–H groups in total. The van der Waals surface area contributed by atoms with E-state index in [-0.39, 0.29) is 5.56 Å². The summed E-state index contributed by atoms with van der Waals surface area (Å²) in [7, 11) is 1.66. The van der Waals surface area contributed by atoms with Gasteiger partial charge in [-0.2, -0.15) is 5.26 Å². The van der Waals surface area contributed by atoms with E-state index in [1.165, 1.54) is 10.8 Å². The van der Waals surface area contributed by atoms with Crippen LogP contribution in [0.25, 0.3) is 11.0 Å². The molecule has 0 saturated heterocycles. The highest BCUT2D eigenvalue weighted by Crippen LogP contribution is 2.10. The molecule has 0 radical (unpaired) electrons. The summed E-state index contributed by atoms with van der Waals surface area (Å²) in [6.07, 6.45) is 1.27. The van der Waals surface area contributed by atoms with Crippen molar-refractivity contribution < 1.29 is 0 Å². The second kappa shape index (κ2) is 2.96. The van der Waals surface area contributed by atoms with Crippen molar-refractivity contribution in [2.24, 2.45) is 7.05 Å². The number of aryl methyl sites for hydroxylation is 1. The topological polar surface area (TPSA) is 58.7 Å². The number of rotatable bonds is 0. The third kappa shape index (κ3) is 1.15. The van der Waals surface area contributed by atoms with Gasteiger partial charge in [-0.15, -0.1) is 0 Å². The third-order valence-electron chi connectivity index (χ3n) is 2.11. The highest BCUT2D eigenvalue weighted by Gasteiger charge is 2.00. The minimum atomic E-state index is -0.174. The highest BCUT2D eigenvalue weighted by atomic mass is 16.1. The van der Waals surface area contributed by atoms with E-state index in [4.69, 9.17) is 5.26 Å². The molecular formula is C10H7N3O. The molecule has 0 spiro atoms. The Morgan fingerprint density at radius 2 is 2.29 bits per heavy atom. The summed E-state index contributed by atoms with van der Waals surface area (Å²) in [6, 6.07) is 7.09. The number of benzene rings is 1. The molecule has 2 rings (SSSR count). The second-order valence-electron chi connectivity index (χ2n) is 2.97. The number of fused-ring (bicyclic) bond motifs is 1. The number of hydrogen-bond acceptors (Lipinski definition) is 3. The Labute approximate surface area is 80.0 Å². The molecule has 2 aromatic rings. The van der Waals surface area contributed by atoms with Gasteiger partial charge in [0.05, 0.1) is 28.9 Å². The number of aromatic nitrogens is 2. The fourth-order valence-electron chi connectivity index (χ4n) is 1.30. The van der Waals surface area contributed by atoms with Crippen molar-refractivity contribution in [3.63, 3.8) is 0 Å². The van der Waals surface area contributed by atoms with Crippen LogP contribution in [0.4, 0.5) is 0 Å². The van der Waals surface area contributed by atoms with Crippen LogP contribution < -0.4 is 5.56 Å². The fraction of sp³-hybridized carbons (Fsp3) is 0.100. The molecule has 14 heavy (non-hydrogen) atoms. The van der Waals surface area contributed by atoms with Crippen LogP contribution in [-0.4, -0.2) is 9.55 Å². The van der Waals surface area contributed by atoms with Crippen LogP contribution in [0, 0.1) is 11.3 Å². The first kappa shape index (κ1) is 8.45. The van der Waals surface area contributed by atoms with Gasteiger partial charge in [0.1, 0.15) is 0 Å². The maximum Gasteiger partial charge on any atom is 0.269 e. The van der Waals surface area contributed by atoms with Gasteiger partial charge >= 0.3 is 0 Å². The maximum atomic E-state index is 11.3. The van der Waals surface area contributed by atoms with Gasteiger partial charge in [0.2, 0.25) is 0 Å². The predicted molar refractivity (Wildman–Crippen MR) is 51.7 cm³/mol. The highest BCUT2D eigenvalue weighted by molar-refractivity contribution is 5.76. The average molecular weight is 185 g/mol. The van der Waals surface area contributed by atoms with Crippen LogP contribution in [-0.2, 0) is 7.05 Å². The Balaban J connectivity index is 2.93. The lowest BCUT2D eigenvalue weighted by Crippen LogP contribution is -2.16. The van der Waals surface area contributed by atoms with Crippen LogP contribution in [0.1, 0.15) is 5.56 Å². The van der Waals surface area contributed by atoms with Crippen LogP contribution in [0.2, 0.25) is 0 Å². The first-order chi connectivity index (χ1) is 6.72. The quantitative estimate of drug-likeness (QED) is 0.610. The van der Waals surface area contributed by atoms with Crippen molar-refractivity contribution >= 4 is 11.0 Å². The summed E-state index contributed by atoms with van der Waals surface area (Å²) in [5.74, 6) is 0. The van der Waals surface area contributed by atoms with Gasteiger partial charge < -0.3 is 4.57 Å². The molecule has 1 aromatic heterocycles. The van der Waals surface area contributed by atoms with E-state index in [1.54, 1.807) is 25.2 Å². The molecular weight excluding hydrogens is 178 g/mol. The zero-order valence-corrected chi connectivity index (χ0v) is 7.56. The van der Waals surface area contributed by atoms with Gasteiger partial charge in [-0.3, -0.25) is 4.79 Å². The maximum absolute atomic E-state index is 11.3. The molecule has 0 atom stereocenters. The van der Waals surface area contributed by atoms with E-state index in [9.17, 15) is 4.79 Å². The minimum absolute atomic E-state index is 0.174. The lowest BCUT2D eigenvalue weighted by molar-refractivity contribution is 0.891. The van der Waals surface area contributed by atoms with Gasteiger partial charge in [0.25, 0.3) is 5.56 Å². The van der Waals surface area contributed by atoms with E-state index in [1.807, 2.05) is 6.07 Å². The second-order valence-corrected chi connectivity index (χ2v) is 2.97. The number of hydrogen-bond donors (Lipinski definition) is 0. The summed E-state index contributed by atoms with van der Waals surface area (Å²) < 4.78 is 1.48. The molecule has 0 aliphatic heterocycles. The summed E-state index contributed by atoms with van der Waals surface area (Å²) in [6.45, 7) is 0. The SMILES string of the molecule is Cn1c(=O)cnc2ccc(C#N)cc21. The van der Waals surface area contributed by atoms with Crippen molar-refractivity contribution in [3.8, 4) is 6.07 Å².